The molecule has 1 aliphatic rings. The molecule has 2 aromatic rings. The summed E-state index contributed by atoms with van der Waals surface area (Å²) in [7, 11) is 1.35. The van der Waals surface area contributed by atoms with Crippen LogP contribution in [0.25, 0.3) is 0 Å². The van der Waals surface area contributed by atoms with Gasteiger partial charge in [-0.2, -0.15) is 0 Å². The third-order valence-corrected chi connectivity index (χ3v) is 5.81. The second kappa shape index (κ2) is 11.5. The topological polar surface area (TPSA) is 151 Å². The van der Waals surface area contributed by atoms with Gasteiger partial charge >= 0.3 is 5.97 Å². The SMILES string of the molecule is CCCCOc1cc([N+](=O)[O-])c(C(=O)N2Cc3cc([N+](=O)[O-])ccc3C[C@H]2C(=O)OCC)cc1OC. The first-order valence-electron chi connectivity index (χ1n) is 11.4. The molecule has 3 rings (SSSR count). The number of non-ortho nitro benzene ring substituents is 1. The van der Waals surface area contributed by atoms with Gasteiger partial charge in [0.25, 0.3) is 17.3 Å². The first-order chi connectivity index (χ1) is 17.2. The Hall–Kier alpha value is -4.22. The maximum atomic E-state index is 13.7. The van der Waals surface area contributed by atoms with E-state index >= 15 is 0 Å². The monoisotopic (exact) mass is 501 g/mol. The van der Waals surface area contributed by atoms with Gasteiger partial charge < -0.3 is 19.1 Å². The van der Waals surface area contributed by atoms with E-state index < -0.39 is 33.5 Å². The van der Waals surface area contributed by atoms with Crippen LogP contribution < -0.4 is 9.47 Å². The van der Waals surface area contributed by atoms with Crippen LogP contribution in [-0.4, -0.2) is 53.0 Å². The van der Waals surface area contributed by atoms with Crippen LogP contribution in [0.1, 0.15) is 48.2 Å². The Kier molecular flexibility index (Phi) is 8.41. The average molecular weight is 501 g/mol. The van der Waals surface area contributed by atoms with Crippen molar-refractivity contribution in [3.05, 3.63) is 67.3 Å². The molecule has 1 aliphatic heterocycles. The molecule has 0 fully saturated rings. The molecule has 0 unspecified atom stereocenters. The van der Waals surface area contributed by atoms with Gasteiger partial charge in [0.15, 0.2) is 11.5 Å². The van der Waals surface area contributed by atoms with Gasteiger partial charge in [-0.1, -0.05) is 19.4 Å². The van der Waals surface area contributed by atoms with Gasteiger partial charge in [-0.3, -0.25) is 25.0 Å². The number of hydrogen-bond donors (Lipinski definition) is 0. The van der Waals surface area contributed by atoms with Crippen molar-refractivity contribution in [3.8, 4) is 11.5 Å². The Morgan fingerprint density at radius 3 is 2.42 bits per heavy atom. The van der Waals surface area contributed by atoms with Gasteiger partial charge in [-0.15, -0.1) is 0 Å². The lowest BCUT2D eigenvalue weighted by atomic mass is 9.92. The summed E-state index contributed by atoms with van der Waals surface area (Å²) < 4.78 is 16.1. The van der Waals surface area contributed by atoms with Crippen LogP contribution in [-0.2, 0) is 22.5 Å². The van der Waals surface area contributed by atoms with Gasteiger partial charge in [0, 0.05) is 31.2 Å². The van der Waals surface area contributed by atoms with E-state index in [2.05, 4.69) is 0 Å². The number of ether oxygens (including phenoxy) is 3. The summed E-state index contributed by atoms with van der Waals surface area (Å²) in [5, 5.41) is 23.1. The molecule has 12 heteroatoms. The summed E-state index contributed by atoms with van der Waals surface area (Å²) >= 11 is 0. The quantitative estimate of drug-likeness (QED) is 0.205. The van der Waals surface area contributed by atoms with Crippen molar-refractivity contribution in [1.29, 1.82) is 0 Å². The number of hydrogen-bond acceptors (Lipinski definition) is 9. The predicted octanol–water partition coefficient (Wildman–Crippen LogP) is 3.82. The number of nitrogens with zero attached hydrogens (tertiary/aromatic N) is 3. The number of amides is 1. The van der Waals surface area contributed by atoms with Crippen molar-refractivity contribution < 1.29 is 33.6 Å². The van der Waals surface area contributed by atoms with Gasteiger partial charge in [0.05, 0.1) is 36.2 Å². The molecule has 0 N–H and O–H groups in total. The van der Waals surface area contributed by atoms with E-state index in [4.69, 9.17) is 14.2 Å². The van der Waals surface area contributed by atoms with Gasteiger partial charge in [0.2, 0.25) is 0 Å². The van der Waals surface area contributed by atoms with Crippen LogP contribution in [0.4, 0.5) is 11.4 Å². The first kappa shape index (κ1) is 26.4. The molecule has 2 aromatic carbocycles. The highest BCUT2D eigenvalue weighted by Crippen LogP contribution is 2.37. The predicted molar refractivity (Wildman–Crippen MR) is 127 cm³/mol. The smallest absolute Gasteiger partial charge is 0.329 e. The zero-order chi connectivity index (χ0) is 26.4. The molecule has 192 valence electrons. The van der Waals surface area contributed by atoms with Crippen LogP contribution in [0.15, 0.2) is 30.3 Å². The highest BCUT2D eigenvalue weighted by atomic mass is 16.6. The Bertz CT molecular complexity index is 1180. The molecule has 0 spiro atoms. The first-order valence-corrected chi connectivity index (χ1v) is 11.4. The highest BCUT2D eigenvalue weighted by molar-refractivity contribution is 6.01. The number of unbranched alkanes of at least 4 members (excludes halogenated alkanes) is 1. The molecular formula is C24H27N3O9. The fourth-order valence-electron chi connectivity index (χ4n) is 3.97. The van der Waals surface area contributed by atoms with Crippen LogP contribution in [0, 0.1) is 20.2 Å². The molecule has 1 heterocycles. The third kappa shape index (κ3) is 5.53. The van der Waals surface area contributed by atoms with Gasteiger partial charge in [-0.05, 0) is 24.5 Å². The van der Waals surface area contributed by atoms with Gasteiger partial charge in [-0.25, -0.2) is 4.79 Å². The van der Waals surface area contributed by atoms with E-state index in [0.29, 0.717) is 17.7 Å². The van der Waals surface area contributed by atoms with E-state index in [-0.39, 0.29) is 42.3 Å². The molecule has 1 atom stereocenters. The standard InChI is InChI=1S/C24H27N3O9/c1-4-6-9-36-22-13-19(27(32)33)18(12-21(22)34-3)23(28)25-14-16-10-17(26(30)31)8-7-15(16)11-20(25)24(29)35-5-2/h7-8,10,12-13,20H,4-6,9,11,14H2,1-3H3/t20-/m0/s1. The third-order valence-electron chi connectivity index (χ3n) is 5.81. The number of benzene rings is 2. The zero-order valence-electron chi connectivity index (χ0n) is 20.2. The Labute approximate surface area is 207 Å². The second-order valence-electron chi connectivity index (χ2n) is 8.09. The van der Waals surface area contributed by atoms with Gasteiger partial charge in [0.1, 0.15) is 11.6 Å². The van der Waals surface area contributed by atoms with Crippen molar-refractivity contribution >= 4 is 23.3 Å². The number of nitro benzene ring substituents is 2. The maximum absolute atomic E-state index is 13.7. The molecular weight excluding hydrogens is 474 g/mol. The van der Waals surface area contributed by atoms with Crippen LogP contribution in [0.2, 0.25) is 0 Å². The molecule has 0 aliphatic carbocycles. The molecule has 0 bridgehead atoms. The largest absolute Gasteiger partial charge is 0.493 e. The number of methoxy groups -OCH3 is 1. The molecule has 0 aromatic heterocycles. The fraction of sp³-hybridized carbons (Fsp3) is 0.417. The van der Waals surface area contributed by atoms with E-state index in [1.54, 1.807) is 6.92 Å². The summed E-state index contributed by atoms with van der Waals surface area (Å²) in [6, 6.07) is 5.46. The van der Waals surface area contributed by atoms with E-state index in [1.807, 2.05) is 6.92 Å². The van der Waals surface area contributed by atoms with E-state index in [9.17, 15) is 29.8 Å². The molecule has 1 amide bonds. The van der Waals surface area contributed by atoms with Crippen molar-refractivity contribution in [2.24, 2.45) is 0 Å². The molecule has 0 saturated heterocycles. The lowest BCUT2D eigenvalue weighted by Crippen LogP contribution is -2.49. The van der Waals surface area contributed by atoms with Crippen molar-refractivity contribution in [2.75, 3.05) is 20.3 Å². The highest BCUT2D eigenvalue weighted by Gasteiger charge is 2.39. The molecule has 36 heavy (non-hydrogen) atoms. The Morgan fingerprint density at radius 2 is 1.81 bits per heavy atom. The van der Waals surface area contributed by atoms with Crippen molar-refractivity contribution in [2.45, 2.75) is 45.7 Å². The summed E-state index contributed by atoms with van der Waals surface area (Å²) in [5.41, 5.74) is 0.126. The van der Waals surface area contributed by atoms with Crippen molar-refractivity contribution in [1.82, 2.24) is 4.90 Å². The number of rotatable bonds is 10. The molecule has 0 saturated carbocycles. The number of carbonyl (C=O) groups is 2. The summed E-state index contributed by atoms with van der Waals surface area (Å²) in [4.78, 5) is 49.5. The number of esters is 1. The lowest BCUT2D eigenvalue weighted by molar-refractivity contribution is -0.385. The minimum atomic E-state index is -1.07. The van der Waals surface area contributed by atoms with Crippen LogP contribution in [0.3, 0.4) is 0 Å². The number of nitro groups is 2. The van der Waals surface area contributed by atoms with Crippen molar-refractivity contribution in [3.63, 3.8) is 0 Å². The fourth-order valence-corrected chi connectivity index (χ4v) is 3.97. The van der Waals surface area contributed by atoms with E-state index in [1.165, 1.54) is 31.4 Å². The lowest BCUT2D eigenvalue weighted by Gasteiger charge is -2.35. The summed E-state index contributed by atoms with van der Waals surface area (Å²) in [5.74, 6) is -1.24. The zero-order valence-corrected chi connectivity index (χ0v) is 20.2. The molecule has 12 nitrogen and oxygen atoms in total. The van der Waals surface area contributed by atoms with Crippen LogP contribution >= 0.6 is 0 Å². The Morgan fingerprint density at radius 1 is 1.06 bits per heavy atom. The average Bonchev–Trinajstić information content (AvgIpc) is 2.86. The normalized spacial score (nSPS) is 14.5. The molecule has 0 radical (unpaired) electrons. The number of fused-ring (bicyclic) bond motifs is 1. The van der Waals surface area contributed by atoms with Crippen LogP contribution in [0.5, 0.6) is 11.5 Å². The summed E-state index contributed by atoms with van der Waals surface area (Å²) in [6.45, 7) is 3.80. The Balaban J connectivity index is 2.07. The summed E-state index contributed by atoms with van der Waals surface area (Å²) in [6.07, 6.45) is 1.62. The minimum Gasteiger partial charge on any atom is -0.493 e. The second-order valence-corrected chi connectivity index (χ2v) is 8.09. The van der Waals surface area contributed by atoms with E-state index in [0.717, 1.165) is 23.8 Å². The minimum absolute atomic E-state index is 0.0427. The number of carbonyl (C=O) groups excluding carboxylic acids is 2. The maximum Gasteiger partial charge on any atom is 0.329 e.